The molecule has 2 aromatic rings. The molecule has 1 aromatic heterocycles. The van der Waals surface area contributed by atoms with Crippen LogP contribution >= 0.6 is 0 Å². The molecule has 0 saturated heterocycles. The van der Waals surface area contributed by atoms with Gasteiger partial charge >= 0.3 is 6.03 Å². The lowest BCUT2D eigenvalue weighted by atomic mass is 9.86. The third-order valence-electron chi connectivity index (χ3n) is 4.51. The van der Waals surface area contributed by atoms with Gasteiger partial charge in [0.25, 0.3) is 0 Å². The van der Waals surface area contributed by atoms with Crippen LogP contribution in [-0.4, -0.2) is 28.6 Å². The van der Waals surface area contributed by atoms with Crippen molar-refractivity contribution in [3.8, 4) is 0 Å². The normalized spacial score (nSPS) is 21.7. The molecule has 5 nitrogen and oxygen atoms in total. The molecule has 2 atom stereocenters. The van der Waals surface area contributed by atoms with Crippen molar-refractivity contribution < 1.29 is 4.79 Å². The molecule has 0 spiro atoms. The number of imidazole rings is 1. The largest absolute Gasteiger partial charge is 0.342 e. The number of carbonyl (C=O) groups is 1. The molecule has 0 radical (unpaired) electrons. The van der Waals surface area contributed by atoms with Gasteiger partial charge in [-0.2, -0.15) is 0 Å². The molecule has 0 unspecified atom stereocenters. The maximum Gasteiger partial charge on any atom is 0.315 e. The fourth-order valence-corrected chi connectivity index (χ4v) is 3.17. The number of para-hydroxylation sites is 2. The third-order valence-corrected chi connectivity index (χ3v) is 4.51. The number of rotatable bonds is 4. The van der Waals surface area contributed by atoms with Crippen molar-refractivity contribution in [1.29, 1.82) is 0 Å². The molecule has 1 saturated carbocycles. The number of nitrogens with one attached hydrogen (secondary N) is 3. The zero-order valence-electron chi connectivity index (χ0n) is 13.1. The van der Waals surface area contributed by atoms with Crippen molar-refractivity contribution >= 4 is 17.1 Å². The molecule has 0 aliphatic heterocycles. The summed E-state index contributed by atoms with van der Waals surface area (Å²) in [5, 5.41) is 6.03. The first-order chi connectivity index (χ1) is 10.7. The monoisotopic (exact) mass is 300 g/mol. The number of fused-ring (bicyclic) bond motifs is 1. The Balaban J connectivity index is 1.45. The standard InChI is InChI=1S/C17H24N4O/c1-12-6-2-3-7-13(12)21-17(22)18-11-10-16-19-14-8-4-5-9-15(14)20-16/h4-5,8-9,12-13H,2-3,6-7,10-11H2,1H3,(H,19,20)(H2,18,21,22)/t12-,13+/m0/s1. The first-order valence-corrected chi connectivity index (χ1v) is 8.20. The van der Waals surface area contributed by atoms with Crippen molar-refractivity contribution in [2.75, 3.05) is 6.54 Å². The van der Waals surface area contributed by atoms with E-state index in [-0.39, 0.29) is 6.03 Å². The van der Waals surface area contributed by atoms with Crippen molar-refractivity contribution in [3.05, 3.63) is 30.1 Å². The summed E-state index contributed by atoms with van der Waals surface area (Å²) in [5.74, 6) is 1.49. The maximum absolute atomic E-state index is 12.0. The van der Waals surface area contributed by atoms with Gasteiger partial charge < -0.3 is 15.6 Å². The van der Waals surface area contributed by atoms with Crippen LogP contribution < -0.4 is 10.6 Å². The minimum Gasteiger partial charge on any atom is -0.342 e. The van der Waals surface area contributed by atoms with Crippen LogP contribution in [0.1, 0.15) is 38.4 Å². The first kappa shape index (κ1) is 14.9. The first-order valence-electron chi connectivity index (χ1n) is 8.20. The van der Waals surface area contributed by atoms with E-state index >= 15 is 0 Å². The van der Waals surface area contributed by atoms with Gasteiger partial charge in [-0.15, -0.1) is 0 Å². The highest BCUT2D eigenvalue weighted by molar-refractivity contribution is 5.75. The summed E-state index contributed by atoms with van der Waals surface area (Å²) < 4.78 is 0. The number of aromatic nitrogens is 2. The fourth-order valence-electron chi connectivity index (χ4n) is 3.17. The van der Waals surface area contributed by atoms with Crippen LogP contribution in [0.15, 0.2) is 24.3 Å². The van der Waals surface area contributed by atoms with Gasteiger partial charge in [0, 0.05) is 19.0 Å². The average Bonchev–Trinajstić information content (AvgIpc) is 2.92. The number of hydrogen-bond donors (Lipinski definition) is 3. The maximum atomic E-state index is 12.0. The number of amides is 2. The zero-order valence-corrected chi connectivity index (χ0v) is 13.1. The number of H-pyrrole nitrogens is 1. The topological polar surface area (TPSA) is 69.8 Å². The summed E-state index contributed by atoms with van der Waals surface area (Å²) in [4.78, 5) is 19.8. The van der Waals surface area contributed by atoms with E-state index in [1.807, 2.05) is 24.3 Å². The lowest BCUT2D eigenvalue weighted by molar-refractivity contribution is 0.222. The summed E-state index contributed by atoms with van der Waals surface area (Å²) >= 11 is 0. The van der Waals surface area contributed by atoms with E-state index in [9.17, 15) is 4.79 Å². The molecule has 1 fully saturated rings. The Labute approximate surface area is 130 Å². The Hall–Kier alpha value is -2.04. The minimum absolute atomic E-state index is 0.0603. The van der Waals surface area contributed by atoms with Gasteiger partial charge in [0.1, 0.15) is 5.82 Å². The van der Waals surface area contributed by atoms with E-state index in [0.29, 0.717) is 24.9 Å². The average molecular weight is 300 g/mol. The lowest BCUT2D eigenvalue weighted by Crippen LogP contribution is -2.46. The molecule has 1 aliphatic rings. The molecular weight excluding hydrogens is 276 g/mol. The third kappa shape index (κ3) is 3.59. The summed E-state index contributed by atoms with van der Waals surface area (Å²) in [6.45, 7) is 2.81. The molecule has 1 heterocycles. The predicted molar refractivity (Wildman–Crippen MR) is 87.8 cm³/mol. The molecule has 1 aromatic carbocycles. The summed E-state index contributed by atoms with van der Waals surface area (Å²) in [6.07, 6.45) is 5.52. The van der Waals surface area contributed by atoms with Gasteiger partial charge in [0.2, 0.25) is 0 Å². The molecule has 5 heteroatoms. The second-order valence-electron chi connectivity index (χ2n) is 6.22. The number of benzene rings is 1. The van der Waals surface area contributed by atoms with E-state index in [1.165, 1.54) is 19.3 Å². The van der Waals surface area contributed by atoms with Crippen molar-refractivity contribution in [2.24, 2.45) is 5.92 Å². The Bertz CT molecular complexity index is 603. The number of aromatic amines is 1. The highest BCUT2D eigenvalue weighted by Crippen LogP contribution is 2.23. The van der Waals surface area contributed by atoms with Gasteiger partial charge in [-0.05, 0) is 30.9 Å². The van der Waals surface area contributed by atoms with Crippen LogP contribution in [0.25, 0.3) is 11.0 Å². The number of urea groups is 1. The van der Waals surface area contributed by atoms with Crippen LogP contribution in [0.3, 0.4) is 0 Å². The van der Waals surface area contributed by atoms with E-state index in [4.69, 9.17) is 0 Å². The fraction of sp³-hybridized carbons (Fsp3) is 0.529. The van der Waals surface area contributed by atoms with Crippen LogP contribution in [-0.2, 0) is 6.42 Å². The number of carbonyl (C=O) groups excluding carboxylic acids is 1. The van der Waals surface area contributed by atoms with Crippen LogP contribution in [0, 0.1) is 5.92 Å². The molecule has 3 rings (SSSR count). The molecular formula is C17H24N4O. The molecule has 0 bridgehead atoms. The Morgan fingerprint density at radius 1 is 1.32 bits per heavy atom. The van der Waals surface area contributed by atoms with Crippen LogP contribution in [0.2, 0.25) is 0 Å². The lowest BCUT2D eigenvalue weighted by Gasteiger charge is -2.29. The second-order valence-corrected chi connectivity index (χ2v) is 6.22. The van der Waals surface area contributed by atoms with Gasteiger partial charge in [-0.1, -0.05) is 31.9 Å². The SMILES string of the molecule is C[C@H]1CCCC[C@H]1NC(=O)NCCc1nc2ccccc2[nH]1. The Morgan fingerprint density at radius 3 is 2.95 bits per heavy atom. The van der Waals surface area contributed by atoms with Gasteiger partial charge in [0.15, 0.2) is 0 Å². The van der Waals surface area contributed by atoms with Gasteiger partial charge in [0.05, 0.1) is 11.0 Å². The van der Waals surface area contributed by atoms with E-state index in [1.54, 1.807) is 0 Å². The van der Waals surface area contributed by atoms with E-state index in [2.05, 4.69) is 27.5 Å². The van der Waals surface area contributed by atoms with Crippen molar-refractivity contribution in [2.45, 2.75) is 45.1 Å². The minimum atomic E-state index is -0.0603. The Morgan fingerprint density at radius 2 is 2.14 bits per heavy atom. The highest BCUT2D eigenvalue weighted by Gasteiger charge is 2.22. The molecule has 22 heavy (non-hydrogen) atoms. The molecule has 118 valence electrons. The van der Waals surface area contributed by atoms with Gasteiger partial charge in [-0.25, -0.2) is 9.78 Å². The molecule has 3 N–H and O–H groups in total. The smallest absolute Gasteiger partial charge is 0.315 e. The van der Waals surface area contributed by atoms with Crippen LogP contribution in [0.4, 0.5) is 4.79 Å². The molecule has 1 aliphatic carbocycles. The van der Waals surface area contributed by atoms with Crippen molar-refractivity contribution in [3.63, 3.8) is 0 Å². The Kier molecular flexibility index (Phi) is 4.61. The van der Waals surface area contributed by atoms with E-state index < -0.39 is 0 Å². The van der Waals surface area contributed by atoms with E-state index in [0.717, 1.165) is 23.3 Å². The second kappa shape index (κ2) is 6.81. The summed E-state index contributed by atoms with van der Waals surface area (Å²) in [5.41, 5.74) is 2.01. The number of nitrogens with zero attached hydrogens (tertiary/aromatic N) is 1. The predicted octanol–water partition coefficient (Wildman–Crippen LogP) is 2.98. The van der Waals surface area contributed by atoms with Crippen molar-refractivity contribution in [1.82, 2.24) is 20.6 Å². The number of hydrogen-bond acceptors (Lipinski definition) is 2. The zero-order chi connectivity index (χ0) is 15.4. The quantitative estimate of drug-likeness (QED) is 0.812. The summed E-state index contributed by atoms with van der Waals surface area (Å²) in [7, 11) is 0. The highest BCUT2D eigenvalue weighted by atomic mass is 16.2. The van der Waals surface area contributed by atoms with Gasteiger partial charge in [-0.3, -0.25) is 0 Å². The molecule has 2 amide bonds. The van der Waals surface area contributed by atoms with Crippen LogP contribution in [0.5, 0.6) is 0 Å². The summed E-state index contributed by atoms with van der Waals surface area (Å²) in [6, 6.07) is 8.22.